The van der Waals surface area contributed by atoms with Crippen molar-refractivity contribution in [3.63, 3.8) is 0 Å². The maximum Gasteiger partial charge on any atom is 0.123 e. The van der Waals surface area contributed by atoms with Crippen LogP contribution >= 0.6 is 11.3 Å². The molecule has 1 aromatic carbocycles. The molecule has 0 spiro atoms. The fourth-order valence-electron chi connectivity index (χ4n) is 2.25. The van der Waals surface area contributed by atoms with Crippen LogP contribution in [-0.2, 0) is 0 Å². The lowest BCUT2D eigenvalue weighted by molar-refractivity contribution is 0.497. The lowest BCUT2D eigenvalue weighted by atomic mass is 10.1. The summed E-state index contributed by atoms with van der Waals surface area (Å²) in [5.74, 6) is -0.196. The molecule has 0 saturated heterocycles. The summed E-state index contributed by atoms with van der Waals surface area (Å²) < 4.78 is 12.9. The van der Waals surface area contributed by atoms with Crippen molar-refractivity contribution in [1.82, 2.24) is 10.3 Å². The van der Waals surface area contributed by atoms with Gasteiger partial charge in [0.15, 0.2) is 0 Å². The minimum atomic E-state index is -0.196. The highest BCUT2D eigenvalue weighted by Crippen LogP contribution is 2.26. The molecule has 1 heterocycles. The fraction of sp³-hybridized carbons (Fsp3) is 0.400. The Bertz CT molecular complexity index is 548. The topological polar surface area (TPSA) is 24.9 Å². The van der Waals surface area contributed by atoms with E-state index in [1.165, 1.54) is 17.0 Å². The molecule has 0 fully saturated rings. The Morgan fingerprint density at radius 3 is 2.26 bits per heavy atom. The molecule has 1 aromatic heterocycles. The molecule has 0 radical (unpaired) electrons. The summed E-state index contributed by atoms with van der Waals surface area (Å²) in [6.45, 7) is 8.30. The van der Waals surface area contributed by atoms with Gasteiger partial charge in [-0.05, 0) is 45.4 Å². The van der Waals surface area contributed by atoms with Gasteiger partial charge in [0.2, 0.25) is 0 Å². The predicted octanol–water partition coefficient (Wildman–Crippen LogP) is 4.31. The summed E-state index contributed by atoms with van der Waals surface area (Å²) >= 11 is 1.73. The quantitative estimate of drug-likeness (QED) is 0.901. The molecule has 2 atom stereocenters. The minimum absolute atomic E-state index is 0.178. The third-order valence-electron chi connectivity index (χ3n) is 3.20. The van der Waals surface area contributed by atoms with Crippen molar-refractivity contribution in [1.29, 1.82) is 0 Å². The summed E-state index contributed by atoms with van der Waals surface area (Å²) in [4.78, 5) is 5.72. The number of aromatic nitrogens is 1. The van der Waals surface area contributed by atoms with Crippen LogP contribution in [0.2, 0.25) is 0 Å². The average molecular weight is 278 g/mol. The molecule has 0 aliphatic carbocycles. The zero-order valence-electron chi connectivity index (χ0n) is 11.7. The third kappa shape index (κ3) is 3.39. The second kappa shape index (κ2) is 5.80. The number of rotatable bonds is 4. The number of benzene rings is 1. The highest BCUT2D eigenvalue weighted by atomic mass is 32.1. The monoisotopic (exact) mass is 278 g/mol. The van der Waals surface area contributed by atoms with E-state index in [-0.39, 0.29) is 17.9 Å². The molecule has 1 N–H and O–H groups in total. The van der Waals surface area contributed by atoms with E-state index < -0.39 is 0 Å². The molecule has 1 unspecified atom stereocenters. The summed E-state index contributed by atoms with van der Waals surface area (Å²) in [6, 6.07) is 7.07. The first kappa shape index (κ1) is 14.2. The molecule has 4 heteroatoms. The maximum absolute atomic E-state index is 12.9. The molecular formula is C15H19FN2S. The number of thiazole rings is 1. The largest absolute Gasteiger partial charge is 0.303 e. The van der Waals surface area contributed by atoms with E-state index in [9.17, 15) is 4.39 Å². The Kier molecular flexibility index (Phi) is 4.32. The Morgan fingerprint density at radius 2 is 1.74 bits per heavy atom. The minimum Gasteiger partial charge on any atom is -0.303 e. The Hall–Kier alpha value is -1.26. The van der Waals surface area contributed by atoms with E-state index in [4.69, 9.17) is 0 Å². The molecule has 0 saturated carbocycles. The predicted molar refractivity (Wildman–Crippen MR) is 78.0 cm³/mol. The van der Waals surface area contributed by atoms with Gasteiger partial charge in [-0.2, -0.15) is 0 Å². The van der Waals surface area contributed by atoms with Gasteiger partial charge in [-0.25, -0.2) is 9.37 Å². The number of nitrogens with one attached hydrogen (secondary N) is 1. The van der Waals surface area contributed by atoms with E-state index in [0.717, 1.165) is 16.3 Å². The standard InChI is InChI=1S/C15H19FN2S/c1-9(13-5-7-14(16)8-6-13)17-10(2)15-11(3)18-12(4)19-15/h5-10,17H,1-4H3/t9-,10?/m0/s1. The van der Waals surface area contributed by atoms with Crippen LogP contribution in [0.5, 0.6) is 0 Å². The van der Waals surface area contributed by atoms with Crippen molar-refractivity contribution in [2.75, 3.05) is 0 Å². The normalized spacial score (nSPS) is 14.4. The molecular weight excluding hydrogens is 259 g/mol. The molecule has 0 bridgehead atoms. The van der Waals surface area contributed by atoms with Gasteiger partial charge in [0.1, 0.15) is 5.82 Å². The highest BCUT2D eigenvalue weighted by Gasteiger charge is 2.15. The molecule has 19 heavy (non-hydrogen) atoms. The van der Waals surface area contributed by atoms with Gasteiger partial charge in [-0.1, -0.05) is 12.1 Å². The molecule has 102 valence electrons. The Morgan fingerprint density at radius 1 is 1.11 bits per heavy atom. The lowest BCUT2D eigenvalue weighted by Crippen LogP contribution is -2.22. The maximum atomic E-state index is 12.9. The van der Waals surface area contributed by atoms with Crippen molar-refractivity contribution in [3.05, 3.63) is 51.2 Å². The van der Waals surface area contributed by atoms with Gasteiger partial charge in [-0.15, -0.1) is 11.3 Å². The van der Waals surface area contributed by atoms with Gasteiger partial charge >= 0.3 is 0 Å². The van der Waals surface area contributed by atoms with Gasteiger partial charge < -0.3 is 5.32 Å². The van der Waals surface area contributed by atoms with E-state index in [1.54, 1.807) is 11.3 Å². The summed E-state index contributed by atoms with van der Waals surface area (Å²) in [7, 11) is 0. The zero-order valence-corrected chi connectivity index (χ0v) is 12.5. The molecule has 2 nitrogen and oxygen atoms in total. The van der Waals surface area contributed by atoms with Crippen molar-refractivity contribution in [2.45, 2.75) is 39.8 Å². The van der Waals surface area contributed by atoms with Crippen LogP contribution in [0.1, 0.15) is 47.1 Å². The first-order valence-electron chi connectivity index (χ1n) is 6.43. The lowest BCUT2D eigenvalue weighted by Gasteiger charge is -2.20. The number of nitrogens with zero attached hydrogens (tertiary/aromatic N) is 1. The second-order valence-corrected chi connectivity index (χ2v) is 6.08. The smallest absolute Gasteiger partial charge is 0.123 e. The Balaban J connectivity index is 2.08. The van der Waals surface area contributed by atoms with Crippen molar-refractivity contribution in [3.8, 4) is 0 Å². The number of aryl methyl sites for hydroxylation is 2. The molecule has 2 aromatic rings. The molecule has 0 amide bonds. The molecule has 0 aliphatic heterocycles. The fourth-order valence-corrected chi connectivity index (χ4v) is 3.19. The van der Waals surface area contributed by atoms with Crippen molar-refractivity contribution in [2.24, 2.45) is 0 Å². The van der Waals surface area contributed by atoms with Crippen LogP contribution in [0.3, 0.4) is 0 Å². The van der Waals surface area contributed by atoms with E-state index in [2.05, 4.69) is 24.1 Å². The number of halogens is 1. The van der Waals surface area contributed by atoms with Crippen LogP contribution in [-0.4, -0.2) is 4.98 Å². The van der Waals surface area contributed by atoms with Crippen LogP contribution in [0.25, 0.3) is 0 Å². The number of hydrogen-bond acceptors (Lipinski definition) is 3. The first-order valence-corrected chi connectivity index (χ1v) is 7.24. The van der Waals surface area contributed by atoms with E-state index in [1.807, 2.05) is 26.0 Å². The zero-order chi connectivity index (χ0) is 14.0. The van der Waals surface area contributed by atoms with E-state index >= 15 is 0 Å². The van der Waals surface area contributed by atoms with Gasteiger partial charge in [0.05, 0.1) is 10.7 Å². The van der Waals surface area contributed by atoms with Crippen LogP contribution in [0.15, 0.2) is 24.3 Å². The van der Waals surface area contributed by atoms with Gasteiger partial charge in [-0.3, -0.25) is 0 Å². The van der Waals surface area contributed by atoms with Crippen LogP contribution in [0, 0.1) is 19.7 Å². The van der Waals surface area contributed by atoms with Crippen LogP contribution < -0.4 is 5.32 Å². The van der Waals surface area contributed by atoms with Gasteiger partial charge in [0.25, 0.3) is 0 Å². The number of hydrogen-bond donors (Lipinski definition) is 1. The van der Waals surface area contributed by atoms with Crippen molar-refractivity contribution >= 4 is 11.3 Å². The average Bonchev–Trinajstić information content (AvgIpc) is 2.69. The van der Waals surface area contributed by atoms with Gasteiger partial charge in [0, 0.05) is 17.0 Å². The van der Waals surface area contributed by atoms with Crippen LogP contribution in [0.4, 0.5) is 4.39 Å². The van der Waals surface area contributed by atoms with E-state index in [0.29, 0.717) is 0 Å². The highest BCUT2D eigenvalue weighted by molar-refractivity contribution is 7.11. The molecule has 2 rings (SSSR count). The van der Waals surface area contributed by atoms with Crippen molar-refractivity contribution < 1.29 is 4.39 Å². The Labute approximate surface area is 117 Å². The second-order valence-electron chi connectivity index (χ2n) is 4.84. The summed E-state index contributed by atoms with van der Waals surface area (Å²) in [5.41, 5.74) is 2.18. The molecule has 0 aliphatic rings. The SMILES string of the molecule is Cc1nc(C)c(C(C)N[C@@H](C)c2ccc(F)cc2)s1. The first-order chi connectivity index (χ1) is 8.97. The summed E-state index contributed by atoms with van der Waals surface area (Å²) in [6.07, 6.45) is 0. The summed E-state index contributed by atoms with van der Waals surface area (Å²) in [5, 5.41) is 4.63. The third-order valence-corrected chi connectivity index (χ3v) is 4.46.